The highest BCUT2D eigenvalue weighted by Gasteiger charge is 2.36. The highest BCUT2D eigenvalue weighted by Crippen LogP contribution is 2.33. The molecule has 0 unspecified atom stereocenters. The fourth-order valence-corrected chi connectivity index (χ4v) is 2.17. The van der Waals surface area contributed by atoms with Gasteiger partial charge >= 0.3 is 6.18 Å². The van der Waals surface area contributed by atoms with E-state index in [9.17, 15) is 13.2 Å². The summed E-state index contributed by atoms with van der Waals surface area (Å²) in [7, 11) is 1.48. The van der Waals surface area contributed by atoms with Crippen molar-refractivity contribution in [1.82, 2.24) is 19.7 Å². The SMILES string of the molecule is C#CCOc1cc(C(F)(F)F)nn1-c1nccc(Oc2ccccc2OC)n1. The number of nitrogens with zero attached hydrogens (tertiary/aromatic N) is 4. The predicted octanol–water partition coefficient (Wildman–Crippen LogP) is 3.49. The predicted molar refractivity (Wildman–Crippen MR) is 91.6 cm³/mol. The Balaban J connectivity index is 1.97. The maximum absolute atomic E-state index is 13.0. The maximum atomic E-state index is 13.0. The lowest BCUT2D eigenvalue weighted by molar-refractivity contribution is -0.141. The molecule has 3 rings (SSSR count). The Labute approximate surface area is 157 Å². The van der Waals surface area contributed by atoms with Gasteiger partial charge in [-0.25, -0.2) is 4.98 Å². The molecule has 0 radical (unpaired) electrons. The lowest BCUT2D eigenvalue weighted by Gasteiger charge is -2.10. The number of hydrogen-bond acceptors (Lipinski definition) is 6. The van der Waals surface area contributed by atoms with Gasteiger partial charge < -0.3 is 14.2 Å². The summed E-state index contributed by atoms with van der Waals surface area (Å²) in [6.07, 6.45) is 1.74. The number of halogens is 3. The standard InChI is InChI=1S/C18H13F3N4O3/c1-3-10-27-16-11-14(18(19,20)21)24-25(16)17-22-9-8-15(23-17)28-13-7-5-4-6-12(13)26-2/h1,4-9,11H,10H2,2H3. The molecule has 0 aliphatic heterocycles. The van der Waals surface area contributed by atoms with Gasteiger partial charge in [-0.05, 0) is 12.1 Å². The van der Waals surface area contributed by atoms with Crippen molar-refractivity contribution in [1.29, 1.82) is 0 Å². The normalized spacial score (nSPS) is 11.0. The number of hydrogen-bond donors (Lipinski definition) is 0. The second-order valence-electron chi connectivity index (χ2n) is 5.22. The number of ether oxygens (including phenoxy) is 3. The molecule has 0 N–H and O–H groups in total. The molecule has 0 aliphatic rings. The molecule has 0 spiro atoms. The quantitative estimate of drug-likeness (QED) is 0.600. The van der Waals surface area contributed by atoms with Crippen LogP contribution in [0.3, 0.4) is 0 Å². The number of terminal acetylenes is 1. The van der Waals surface area contributed by atoms with Crippen molar-refractivity contribution in [2.75, 3.05) is 13.7 Å². The van der Waals surface area contributed by atoms with Crippen LogP contribution in [0.5, 0.6) is 23.3 Å². The van der Waals surface area contributed by atoms with Gasteiger partial charge in [0, 0.05) is 18.3 Å². The van der Waals surface area contributed by atoms with Crippen molar-refractivity contribution in [2.24, 2.45) is 0 Å². The van der Waals surface area contributed by atoms with E-state index in [1.165, 1.54) is 19.4 Å². The molecule has 1 aromatic carbocycles. The van der Waals surface area contributed by atoms with Crippen molar-refractivity contribution in [3.8, 4) is 41.6 Å². The van der Waals surface area contributed by atoms with Crippen LogP contribution < -0.4 is 14.2 Å². The van der Waals surface area contributed by atoms with Crippen LogP contribution in [-0.2, 0) is 6.18 Å². The van der Waals surface area contributed by atoms with Crippen LogP contribution in [0, 0.1) is 12.3 Å². The number of methoxy groups -OCH3 is 1. The average molecular weight is 390 g/mol. The second-order valence-corrected chi connectivity index (χ2v) is 5.22. The maximum Gasteiger partial charge on any atom is 0.435 e. The Morgan fingerprint density at radius 3 is 2.61 bits per heavy atom. The number of alkyl halides is 3. The van der Waals surface area contributed by atoms with E-state index in [-0.39, 0.29) is 24.3 Å². The molecular weight excluding hydrogens is 377 g/mol. The van der Waals surface area contributed by atoms with Crippen molar-refractivity contribution in [2.45, 2.75) is 6.18 Å². The molecule has 0 amide bonds. The molecule has 0 fully saturated rings. The summed E-state index contributed by atoms with van der Waals surface area (Å²) in [5.74, 6) is 2.64. The monoisotopic (exact) mass is 390 g/mol. The van der Waals surface area contributed by atoms with E-state index >= 15 is 0 Å². The van der Waals surface area contributed by atoms with E-state index in [4.69, 9.17) is 20.6 Å². The van der Waals surface area contributed by atoms with Gasteiger partial charge in [0.15, 0.2) is 23.8 Å². The van der Waals surface area contributed by atoms with Crippen LogP contribution in [0.15, 0.2) is 42.6 Å². The topological polar surface area (TPSA) is 71.3 Å². The minimum absolute atomic E-state index is 0.0708. The summed E-state index contributed by atoms with van der Waals surface area (Å²) in [5.41, 5.74) is -1.17. The Morgan fingerprint density at radius 2 is 1.93 bits per heavy atom. The number of para-hydroxylation sites is 2. The van der Waals surface area contributed by atoms with Gasteiger partial charge in [-0.1, -0.05) is 18.1 Å². The van der Waals surface area contributed by atoms with Crippen molar-refractivity contribution in [3.05, 3.63) is 48.3 Å². The molecule has 0 bridgehead atoms. The zero-order valence-electron chi connectivity index (χ0n) is 14.5. The van der Waals surface area contributed by atoms with Gasteiger partial charge in [-0.15, -0.1) is 6.42 Å². The van der Waals surface area contributed by atoms with Crippen molar-refractivity contribution >= 4 is 0 Å². The fourth-order valence-electron chi connectivity index (χ4n) is 2.17. The number of benzene rings is 1. The zero-order chi connectivity index (χ0) is 20.1. The minimum atomic E-state index is -4.68. The average Bonchev–Trinajstić information content (AvgIpc) is 3.12. The molecule has 2 aromatic heterocycles. The third-order valence-electron chi connectivity index (χ3n) is 3.36. The highest BCUT2D eigenvalue weighted by atomic mass is 19.4. The van der Waals surface area contributed by atoms with Gasteiger partial charge in [0.05, 0.1) is 7.11 Å². The second kappa shape index (κ2) is 7.87. The minimum Gasteiger partial charge on any atom is -0.493 e. The summed E-state index contributed by atoms with van der Waals surface area (Å²) in [4.78, 5) is 8.03. The third kappa shape index (κ3) is 4.15. The molecule has 28 heavy (non-hydrogen) atoms. The summed E-state index contributed by atoms with van der Waals surface area (Å²) in [6, 6.07) is 8.98. The van der Waals surface area contributed by atoms with Gasteiger partial charge in [0.2, 0.25) is 11.8 Å². The van der Waals surface area contributed by atoms with Crippen LogP contribution in [0.1, 0.15) is 5.69 Å². The first-order valence-corrected chi connectivity index (χ1v) is 7.80. The van der Waals surface area contributed by atoms with Gasteiger partial charge in [-0.3, -0.25) is 0 Å². The summed E-state index contributed by atoms with van der Waals surface area (Å²) in [6.45, 7) is -0.250. The number of aromatic nitrogens is 4. The van der Waals surface area contributed by atoms with Crippen molar-refractivity contribution < 1.29 is 27.4 Å². The molecule has 10 heteroatoms. The van der Waals surface area contributed by atoms with E-state index in [2.05, 4.69) is 21.0 Å². The lowest BCUT2D eigenvalue weighted by Crippen LogP contribution is -2.10. The largest absolute Gasteiger partial charge is 0.493 e. The smallest absolute Gasteiger partial charge is 0.435 e. The van der Waals surface area contributed by atoms with Gasteiger partial charge in [0.25, 0.3) is 5.95 Å². The molecule has 0 aliphatic carbocycles. The molecule has 7 nitrogen and oxygen atoms in total. The molecule has 0 atom stereocenters. The van der Waals surface area contributed by atoms with E-state index in [1.807, 2.05) is 0 Å². The van der Waals surface area contributed by atoms with Crippen LogP contribution in [0.4, 0.5) is 13.2 Å². The van der Waals surface area contributed by atoms with Crippen LogP contribution in [0.2, 0.25) is 0 Å². The zero-order valence-corrected chi connectivity index (χ0v) is 14.5. The molecule has 0 saturated heterocycles. The molecule has 2 heterocycles. The van der Waals surface area contributed by atoms with Crippen LogP contribution in [0.25, 0.3) is 5.95 Å². The first kappa shape index (κ1) is 19.0. The molecule has 3 aromatic rings. The number of rotatable bonds is 6. The molecule has 144 valence electrons. The van der Waals surface area contributed by atoms with E-state index in [1.54, 1.807) is 24.3 Å². The first-order chi connectivity index (χ1) is 13.4. The molecule has 0 saturated carbocycles. The van der Waals surface area contributed by atoms with Crippen LogP contribution in [-0.4, -0.2) is 33.5 Å². The fraction of sp³-hybridized carbons (Fsp3) is 0.167. The Bertz CT molecular complexity index is 1010. The lowest BCUT2D eigenvalue weighted by atomic mass is 10.3. The summed E-state index contributed by atoms with van der Waals surface area (Å²) >= 11 is 0. The first-order valence-electron chi connectivity index (χ1n) is 7.80. The van der Waals surface area contributed by atoms with E-state index in [0.717, 1.165) is 4.68 Å². The van der Waals surface area contributed by atoms with Gasteiger partial charge in [0.1, 0.15) is 0 Å². The summed E-state index contributed by atoms with van der Waals surface area (Å²) < 4.78 is 55.8. The Morgan fingerprint density at radius 1 is 1.18 bits per heavy atom. The third-order valence-corrected chi connectivity index (χ3v) is 3.36. The van der Waals surface area contributed by atoms with Crippen LogP contribution >= 0.6 is 0 Å². The molecular formula is C18H13F3N4O3. The highest BCUT2D eigenvalue weighted by molar-refractivity contribution is 5.41. The van der Waals surface area contributed by atoms with Gasteiger partial charge in [-0.2, -0.15) is 27.9 Å². The van der Waals surface area contributed by atoms with E-state index in [0.29, 0.717) is 17.6 Å². The van der Waals surface area contributed by atoms with Crippen molar-refractivity contribution in [3.63, 3.8) is 0 Å². The van der Waals surface area contributed by atoms with E-state index < -0.39 is 11.9 Å². The Hall–Kier alpha value is -3.74. The Kier molecular flexibility index (Phi) is 5.35. The summed E-state index contributed by atoms with van der Waals surface area (Å²) in [5, 5.41) is 3.48.